The molecule has 0 aliphatic carbocycles. The Labute approximate surface area is 305 Å². The number of aryl methyl sites for hydroxylation is 1. The quantitative estimate of drug-likeness (QED) is 0.513. The Morgan fingerprint density at radius 2 is 1.67 bits per heavy atom. The lowest BCUT2D eigenvalue weighted by Gasteiger charge is -2.44. The number of benzene rings is 1. The van der Waals surface area contributed by atoms with Crippen LogP contribution in [-0.4, -0.2) is 143 Å². The lowest BCUT2D eigenvalue weighted by atomic mass is 9.83. The van der Waals surface area contributed by atoms with Crippen LogP contribution in [-0.2, 0) is 25.6 Å². The monoisotopic (exact) mass is 719 g/mol. The van der Waals surface area contributed by atoms with Crippen molar-refractivity contribution in [3.05, 3.63) is 45.9 Å². The van der Waals surface area contributed by atoms with Crippen LogP contribution in [0, 0.1) is 6.92 Å². The molecule has 276 valence electrons. The highest BCUT2D eigenvalue weighted by molar-refractivity contribution is 7.11. The topological polar surface area (TPSA) is 119 Å². The highest BCUT2D eigenvalue weighted by Gasteiger charge is 2.45. The maximum Gasteiger partial charge on any atom is 0.260 e. The van der Waals surface area contributed by atoms with Gasteiger partial charge >= 0.3 is 0 Å². The van der Waals surface area contributed by atoms with Crippen molar-refractivity contribution in [3.63, 3.8) is 0 Å². The summed E-state index contributed by atoms with van der Waals surface area (Å²) in [5, 5.41) is 4.37. The Bertz CT molecular complexity index is 1580. The second kappa shape index (κ2) is 15.2. The molecule has 7 aliphatic heterocycles. The minimum Gasteiger partial charge on any atom is -0.484 e. The van der Waals surface area contributed by atoms with E-state index >= 15 is 0 Å². The predicted octanol–water partition coefficient (Wildman–Crippen LogP) is 2.66. The van der Waals surface area contributed by atoms with E-state index < -0.39 is 5.54 Å². The van der Waals surface area contributed by atoms with Crippen molar-refractivity contribution in [3.8, 4) is 5.75 Å². The van der Waals surface area contributed by atoms with Gasteiger partial charge in [-0.05, 0) is 78.1 Å². The first kappa shape index (κ1) is 35.8. The highest BCUT2D eigenvalue weighted by atomic mass is 32.1. The summed E-state index contributed by atoms with van der Waals surface area (Å²) >= 11 is 1.66. The van der Waals surface area contributed by atoms with E-state index in [0.29, 0.717) is 50.8 Å². The van der Waals surface area contributed by atoms with E-state index in [1.54, 1.807) is 16.2 Å². The molecule has 2 aromatic rings. The van der Waals surface area contributed by atoms with Gasteiger partial charge < -0.3 is 29.7 Å². The summed E-state index contributed by atoms with van der Waals surface area (Å²) in [4.78, 5) is 71.6. The van der Waals surface area contributed by atoms with Crippen molar-refractivity contribution < 1.29 is 23.9 Å². The second-order valence-corrected chi connectivity index (χ2v) is 16.7. The number of carbonyl (C=O) groups excluding carboxylic acids is 4. The molecule has 0 saturated carbocycles. The Kier molecular flexibility index (Phi) is 10.7. The molecule has 9 rings (SSSR count). The number of amides is 4. The fourth-order valence-corrected chi connectivity index (χ4v) is 9.94. The van der Waals surface area contributed by atoms with Crippen LogP contribution < -0.4 is 10.1 Å². The molecular formula is C38H53N7O5S. The molecule has 1 aromatic carbocycles. The van der Waals surface area contributed by atoms with E-state index in [0.717, 1.165) is 67.3 Å². The fraction of sp³-hybridized carbons (Fsp3) is 0.658. The molecule has 0 unspecified atom stereocenters. The van der Waals surface area contributed by atoms with Crippen molar-refractivity contribution in [1.29, 1.82) is 0 Å². The predicted molar refractivity (Wildman–Crippen MR) is 195 cm³/mol. The maximum absolute atomic E-state index is 14.1. The zero-order chi connectivity index (χ0) is 35.7. The highest BCUT2D eigenvalue weighted by Crippen LogP contribution is 2.36. The van der Waals surface area contributed by atoms with Gasteiger partial charge in [0.05, 0.1) is 35.1 Å². The standard InChI is InChI=1S/C38H53N7O5S/c1-26-31-22-33(46)40-38(13-19-43(20-14-38)35(48)25-50-30-7-5-4-6-8-30)23-34(47)42-17-11-28(12-18-42)45-24-29(41(2)3)21-32(45)37(49)44-15-9-27(10-16-44)36(39-31)51-26/h4-8,27-29,32H,9-25H2,1-3H3,(H,40,46)/t29-,32-/m0/s1. The number of nitrogens with zero attached hydrogens (tertiary/aromatic N) is 6. The van der Waals surface area contributed by atoms with E-state index in [1.165, 1.54) is 0 Å². The first-order valence-electron chi connectivity index (χ1n) is 18.8. The third-order valence-electron chi connectivity index (χ3n) is 12.1. The van der Waals surface area contributed by atoms with E-state index in [2.05, 4.69) is 34.1 Å². The van der Waals surface area contributed by atoms with Crippen molar-refractivity contribution in [1.82, 2.24) is 34.8 Å². The number of fused-ring (bicyclic) bond motifs is 2. The minimum absolute atomic E-state index is 0.0334. The van der Waals surface area contributed by atoms with Gasteiger partial charge in [0.1, 0.15) is 5.75 Å². The molecule has 7 aliphatic rings. The van der Waals surface area contributed by atoms with Gasteiger partial charge in [0.15, 0.2) is 6.61 Å². The molecule has 12 nitrogen and oxygen atoms in total. The van der Waals surface area contributed by atoms with Gasteiger partial charge in [-0.3, -0.25) is 24.1 Å². The zero-order valence-corrected chi connectivity index (χ0v) is 31.2. The van der Waals surface area contributed by atoms with Crippen molar-refractivity contribution in [2.24, 2.45) is 0 Å². The number of likely N-dealkylation sites (tertiary alicyclic amines) is 1. The van der Waals surface area contributed by atoms with Gasteiger partial charge in [0, 0.05) is 68.7 Å². The molecule has 4 fully saturated rings. The number of piperidine rings is 3. The number of thiazole rings is 1. The van der Waals surface area contributed by atoms with Crippen LogP contribution in [0.25, 0.3) is 0 Å². The first-order chi connectivity index (χ1) is 24.6. The largest absolute Gasteiger partial charge is 0.484 e. The number of carbonyl (C=O) groups is 4. The Morgan fingerprint density at radius 3 is 2.35 bits per heavy atom. The molecule has 1 aromatic heterocycles. The number of hydrogen-bond donors (Lipinski definition) is 1. The average Bonchev–Trinajstić information content (AvgIpc) is 3.75. The van der Waals surface area contributed by atoms with Crippen LogP contribution in [0.5, 0.6) is 5.75 Å². The first-order valence-corrected chi connectivity index (χ1v) is 19.6. The van der Waals surface area contributed by atoms with Crippen LogP contribution in [0.2, 0.25) is 0 Å². The SMILES string of the molecule is Cc1sc2nc1CC(=O)NC1(CCN(C(=O)COc3ccccc3)CC1)CC(=O)N1CCC(CC1)N1C[C@@H](N(C)C)C[C@H]1C(=O)N1CCC2CC1. The maximum atomic E-state index is 14.1. The Morgan fingerprint density at radius 1 is 0.980 bits per heavy atom. The molecule has 4 amide bonds. The Balaban J connectivity index is 1.10. The van der Waals surface area contributed by atoms with Crippen molar-refractivity contribution >= 4 is 35.0 Å². The molecule has 0 radical (unpaired) electrons. The van der Waals surface area contributed by atoms with Gasteiger partial charge in [-0.2, -0.15) is 0 Å². The molecule has 6 bridgehead atoms. The van der Waals surface area contributed by atoms with Crippen LogP contribution in [0.1, 0.15) is 72.9 Å². The Hall–Kier alpha value is -3.55. The third-order valence-corrected chi connectivity index (χ3v) is 13.3. The number of aromatic nitrogens is 1. The number of likely N-dealkylation sites (N-methyl/N-ethyl adjacent to an activating group) is 1. The fourth-order valence-electron chi connectivity index (χ4n) is 8.83. The summed E-state index contributed by atoms with van der Waals surface area (Å²) in [6.45, 7) is 6.41. The van der Waals surface area contributed by atoms with Gasteiger partial charge in [0.25, 0.3) is 5.91 Å². The van der Waals surface area contributed by atoms with Gasteiger partial charge in [0.2, 0.25) is 17.7 Å². The number of rotatable bonds is 4. The summed E-state index contributed by atoms with van der Waals surface area (Å²) in [7, 11) is 4.21. The van der Waals surface area contributed by atoms with E-state index in [9.17, 15) is 19.2 Å². The lowest BCUT2D eigenvalue weighted by Crippen LogP contribution is -2.59. The number of hydrogen-bond acceptors (Lipinski definition) is 9. The smallest absolute Gasteiger partial charge is 0.260 e. The molecule has 8 heterocycles. The van der Waals surface area contributed by atoms with Crippen LogP contribution in [0.4, 0.5) is 0 Å². The van der Waals surface area contributed by atoms with Crippen LogP contribution in [0.3, 0.4) is 0 Å². The summed E-state index contributed by atoms with van der Waals surface area (Å²) in [6, 6.07) is 9.72. The molecular weight excluding hydrogens is 667 g/mol. The average molecular weight is 720 g/mol. The number of para-hydroxylation sites is 1. The summed E-state index contributed by atoms with van der Waals surface area (Å²) < 4.78 is 5.73. The van der Waals surface area contributed by atoms with Crippen LogP contribution >= 0.6 is 11.3 Å². The number of nitrogens with one attached hydrogen (secondary N) is 1. The summed E-state index contributed by atoms with van der Waals surface area (Å²) in [6.07, 6.45) is 5.56. The molecule has 1 spiro atoms. The molecule has 2 atom stereocenters. The lowest BCUT2D eigenvalue weighted by molar-refractivity contribution is -0.141. The van der Waals surface area contributed by atoms with Gasteiger partial charge in [-0.25, -0.2) is 4.98 Å². The van der Waals surface area contributed by atoms with Crippen molar-refractivity contribution in [2.45, 2.75) is 94.3 Å². The third kappa shape index (κ3) is 7.95. The molecule has 1 N–H and O–H groups in total. The van der Waals surface area contributed by atoms with E-state index in [1.807, 2.05) is 42.2 Å². The number of ether oxygens (including phenoxy) is 1. The minimum atomic E-state index is -0.756. The van der Waals surface area contributed by atoms with E-state index in [-0.39, 0.29) is 61.1 Å². The van der Waals surface area contributed by atoms with Gasteiger partial charge in [-0.1, -0.05) is 18.2 Å². The van der Waals surface area contributed by atoms with E-state index in [4.69, 9.17) is 9.72 Å². The molecule has 13 heteroatoms. The zero-order valence-electron chi connectivity index (χ0n) is 30.3. The van der Waals surface area contributed by atoms with Crippen LogP contribution in [0.15, 0.2) is 30.3 Å². The molecule has 51 heavy (non-hydrogen) atoms. The molecule has 4 saturated heterocycles. The summed E-state index contributed by atoms with van der Waals surface area (Å²) in [5.74, 6) is 0.954. The second-order valence-electron chi connectivity index (χ2n) is 15.5. The summed E-state index contributed by atoms with van der Waals surface area (Å²) in [5.41, 5.74) is 0.0272. The van der Waals surface area contributed by atoms with Gasteiger partial charge in [-0.15, -0.1) is 11.3 Å². The van der Waals surface area contributed by atoms with Crippen molar-refractivity contribution in [2.75, 3.05) is 66.5 Å². The normalized spacial score (nSPS) is 25.5.